The number of hydrogen-bond donors (Lipinski definition) is 1. The van der Waals surface area contributed by atoms with Crippen LogP contribution in [0.5, 0.6) is 0 Å². The molecule has 2 bridgehead atoms. The summed E-state index contributed by atoms with van der Waals surface area (Å²) in [4.78, 5) is 37.2. The lowest BCUT2D eigenvalue weighted by Crippen LogP contribution is -2.53. The van der Waals surface area contributed by atoms with Crippen molar-refractivity contribution in [1.82, 2.24) is 19.9 Å². The van der Waals surface area contributed by atoms with Crippen molar-refractivity contribution in [3.05, 3.63) is 64.4 Å². The Bertz CT molecular complexity index is 1030. The summed E-state index contributed by atoms with van der Waals surface area (Å²) in [7, 11) is 0. The van der Waals surface area contributed by atoms with Gasteiger partial charge in [0.25, 0.3) is 5.56 Å². The Kier molecular flexibility index (Phi) is 5.57. The van der Waals surface area contributed by atoms with Crippen molar-refractivity contribution in [2.24, 2.45) is 5.92 Å². The Morgan fingerprint density at radius 2 is 2.00 bits per heavy atom. The fourth-order valence-electron chi connectivity index (χ4n) is 5.47. The molecule has 2 aromatic heterocycles. The Morgan fingerprint density at radius 1 is 1.13 bits per heavy atom. The van der Waals surface area contributed by atoms with Crippen molar-refractivity contribution in [3.63, 3.8) is 0 Å². The van der Waals surface area contributed by atoms with E-state index in [0.29, 0.717) is 19.0 Å². The van der Waals surface area contributed by atoms with Gasteiger partial charge in [0.2, 0.25) is 11.9 Å². The van der Waals surface area contributed by atoms with E-state index in [0.717, 1.165) is 37.9 Å². The first-order valence-corrected chi connectivity index (χ1v) is 11.4. The molecule has 162 valence electrons. The van der Waals surface area contributed by atoms with E-state index < -0.39 is 6.04 Å². The number of aromatic nitrogens is 3. The maximum Gasteiger partial charge on any atom is 0.251 e. The van der Waals surface area contributed by atoms with Gasteiger partial charge in [-0.05, 0) is 50.7 Å². The molecule has 31 heavy (non-hydrogen) atoms. The number of rotatable bonds is 5. The lowest BCUT2D eigenvalue weighted by molar-refractivity contribution is -0.126. The minimum atomic E-state index is -0.494. The summed E-state index contributed by atoms with van der Waals surface area (Å²) in [5.74, 6) is 0.870. The third-order valence-corrected chi connectivity index (χ3v) is 6.88. The molecule has 2 aliphatic heterocycles. The number of pyridine rings is 1. The maximum atomic E-state index is 13.4. The predicted octanol–water partition coefficient (Wildman–Crippen LogP) is 2.81. The van der Waals surface area contributed by atoms with Gasteiger partial charge in [-0.25, -0.2) is 9.97 Å². The number of hydrogen-bond acceptors (Lipinski definition) is 5. The third kappa shape index (κ3) is 4.01. The molecule has 0 aromatic carbocycles. The maximum absolute atomic E-state index is 13.4. The van der Waals surface area contributed by atoms with Crippen LogP contribution in [0, 0.1) is 5.92 Å². The summed E-state index contributed by atoms with van der Waals surface area (Å²) in [6.07, 6.45) is 12.4. The first kappa shape index (κ1) is 20.0. The number of carbonyl (C=O) groups is 1. The summed E-state index contributed by atoms with van der Waals surface area (Å²) in [5, 5.41) is 3.14. The Labute approximate surface area is 182 Å². The Balaban J connectivity index is 1.39. The van der Waals surface area contributed by atoms with E-state index in [9.17, 15) is 9.59 Å². The van der Waals surface area contributed by atoms with Crippen LogP contribution in [0.15, 0.2) is 53.1 Å². The molecule has 1 N–H and O–H groups in total. The monoisotopic (exact) mass is 419 g/mol. The van der Waals surface area contributed by atoms with Crippen LogP contribution in [0.1, 0.15) is 56.2 Å². The number of amides is 1. The van der Waals surface area contributed by atoms with Crippen LogP contribution in [0.3, 0.4) is 0 Å². The van der Waals surface area contributed by atoms with Gasteiger partial charge >= 0.3 is 0 Å². The molecule has 1 amide bonds. The van der Waals surface area contributed by atoms with Gasteiger partial charge in [-0.2, -0.15) is 0 Å². The molecule has 2 aromatic rings. The molecule has 1 saturated heterocycles. The minimum absolute atomic E-state index is 0.0454. The number of fused-ring (bicyclic) bond motifs is 4. The molecule has 1 fully saturated rings. The molecular formula is C24H29N5O2. The predicted molar refractivity (Wildman–Crippen MR) is 119 cm³/mol. The molecule has 3 atom stereocenters. The lowest BCUT2D eigenvalue weighted by Gasteiger charge is -2.46. The molecule has 3 aliphatic rings. The molecule has 7 heteroatoms. The van der Waals surface area contributed by atoms with Crippen LogP contribution >= 0.6 is 0 Å². The second-order valence-corrected chi connectivity index (χ2v) is 8.90. The summed E-state index contributed by atoms with van der Waals surface area (Å²) in [6.45, 7) is 2.05. The average Bonchev–Trinajstić information content (AvgIpc) is 2.81. The number of carbonyl (C=O) groups excluding carboxylic acids is 1. The first-order valence-electron chi connectivity index (χ1n) is 11.4. The van der Waals surface area contributed by atoms with Crippen molar-refractivity contribution in [3.8, 4) is 0 Å². The molecule has 7 nitrogen and oxygen atoms in total. The quantitative estimate of drug-likeness (QED) is 0.754. The Morgan fingerprint density at radius 3 is 2.81 bits per heavy atom. The van der Waals surface area contributed by atoms with Gasteiger partial charge in [0.05, 0.1) is 0 Å². The van der Waals surface area contributed by atoms with Gasteiger partial charge in [0, 0.05) is 55.6 Å². The molecule has 4 heterocycles. The normalized spacial score (nSPS) is 24.8. The van der Waals surface area contributed by atoms with E-state index in [-0.39, 0.29) is 23.3 Å². The van der Waals surface area contributed by atoms with Crippen LogP contribution in [-0.2, 0) is 4.79 Å². The molecule has 5 rings (SSSR count). The highest BCUT2D eigenvalue weighted by atomic mass is 16.2. The van der Waals surface area contributed by atoms with Crippen molar-refractivity contribution in [2.45, 2.75) is 50.5 Å². The lowest BCUT2D eigenvalue weighted by atomic mass is 9.78. The van der Waals surface area contributed by atoms with E-state index >= 15 is 0 Å². The zero-order valence-electron chi connectivity index (χ0n) is 17.7. The van der Waals surface area contributed by atoms with E-state index in [2.05, 4.69) is 26.3 Å². The second kappa shape index (κ2) is 8.65. The van der Waals surface area contributed by atoms with Gasteiger partial charge in [-0.15, -0.1) is 0 Å². The summed E-state index contributed by atoms with van der Waals surface area (Å²) in [5.41, 5.74) is 2.30. The number of piperidine rings is 1. The standard InChI is InChI=1S/C24H29N5O2/c30-21-9-4-8-20-18-14-19(16-28(15-18)24-26-11-5-12-27-24)22(29(20)21)23(31)25-13-10-17-6-2-1-3-7-17/h4-6,8-9,11-12,18-19,22H,1-3,7,10,13-16H2,(H,25,31)/t18-,19+,22-/m1/s1. The first-order chi connectivity index (χ1) is 15.2. The fourth-order valence-corrected chi connectivity index (χ4v) is 5.47. The topological polar surface area (TPSA) is 80.1 Å². The van der Waals surface area contributed by atoms with Crippen molar-refractivity contribution in [1.29, 1.82) is 0 Å². The van der Waals surface area contributed by atoms with Gasteiger partial charge < -0.3 is 10.2 Å². The van der Waals surface area contributed by atoms with Crippen molar-refractivity contribution < 1.29 is 4.79 Å². The molecule has 0 spiro atoms. The van der Waals surface area contributed by atoms with Crippen molar-refractivity contribution >= 4 is 11.9 Å². The van der Waals surface area contributed by atoms with E-state index in [1.807, 2.05) is 6.07 Å². The zero-order valence-corrected chi connectivity index (χ0v) is 17.7. The van der Waals surface area contributed by atoms with Crippen LogP contribution < -0.4 is 15.8 Å². The summed E-state index contributed by atoms with van der Waals surface area (Å²) >= 11 is 0. The van der Waals surface area contributed by atoms with Crippen molar-refractivity contribution in [2.75, 3.05) is 24.5 Å². The number of nitrogens with one attached hydrogen (secondary N) is 1. The molecule has 0 saturated carbocycles. The highest BCUT2D eigenvalue weighted by Gasteiger charge is 2.44. The van der Waals surface area contributed by atoms with Gasteiger partial charge in [0.15, 0.2) is 0 Å². The molecule has 0 unspecified atom stereocenters. The zero-order chi connectivity index (χ0) is 21.2. The summed E-state index contributed by atoms with van der Waals surface area (Å²) < 4.78 is 1.75. The minimum Gasteiger partial charge on any atom is -0.354 e. The van der Waals surface area contributed by atoms with Crippen LogP contribution in [0.2, 0.25) is 0 Å². The van der Waals surface area contributed by atoms with Gasteiger partial charge in [-0.1, -0.05) is 17.7 Å². The summed E-state index contributed by atoms with van der Waals surface area (Å²) in [6, 6.07) is 6.67. The SMILES string of the molecule is O=C(NCCC1=CCCCC1)[C@H]1[C@H]2C[C@H](CN(c3ncccn3)C2)c2cccc(=O)n21. The highest BCUT2D eigenvalue weighted by Crippen LogP contribution is 2.41. The molecular weight excluding hydrogens is 390 g/mol. The van der Waals surface area contributed by atoms with Gasteiger partial charge in [-0.3, -0.25) is 14.2 Å². The Hall–Kier alpha value is -2.96. The van der Waals surface area contributed by atoms with Gasteiger partial charge in [0.1, 0.15) is 6.04 Å². The number of nitrogens with zero attached hydrogens (tertiary/aromatic N) is 4. The second-order valence-electron chi connectivity index (χ2n) is 8.90. The van der Waals surface area contributed by atoms with Crippen LogP contribution in [0.25, 0.3) is 0 Å². The number of allylic oxidation sites excluding steroid dienone is 1. The van der Waals surface area contributed by atoms with Crippen LogP contribution in [0.4, 0.5) is 5.95 Å². The number of anilines is 1. The van der Waals surface area contributed by atoms with E-state index in [1.165, 1.54) is 18.4 Å². The largest absolute Gasteiger partial charge is 0.354 e. The third-order valence-electron chi connectivity index (χ3n) is 6.88. The highest BCUT2D eigenvalue weighted by molar-refractivity contribution is 5.81. The van der Waals surface area contributed by atoms with Crippen LogP contribution in [-0.4, -0.2) is 40.1 Å². The fraction of sp³-hybridized carbons (Fsp3) is 0.500. The molecule has 0 radical (unpaired) electrons. The average molecular weight is 420 g/mol. The molecule has 1 aliphatic carbocycles. The van der Waals surface area contributed by atoms with E-state index in [4.69, 9.17) is 0 Å². The van der Waals surface area contributed by atoms with E-state index in [1.54, 1.807) is 35.2 Å². The smallest absolute Gasteiger partial charge is 0.251 e.